The van der Waals surface area contributed by atoms with Gasteiger partial charge < -0.3 is 5.11 Å². The highest BCUT2D eigenvalue weighted by atomic mass is 32.1. The van der Waals surface area contributed by atoms with Crippen LogP contribution in [0.25, 0.3) is 10.6 Å². The quantitative estimate of drug-likeness (QED) is 0.855. The van der Waals surface area contributed by atoms with Gasteiger partial charge >= 0.3 is 0 Å². The van der Waals surface area contributed by atoms with Crippen molar-refractivity contribution < 1.29 is 13.9 Å². The molecule has 0 unspecified atom stereocenters. The molecular weight excluding hydrogens is 220 g/mol. The summed E-state index contributed by atoms with van der Waals surface area (Å²) < 4.78 is 26.6. The van der Waals surface area contributed by atoms with Crippen molar-refractivity contribution in [3.8, 4) is 10.6 Å². The van der Waals surface area contributed by atoms with E-state index in [4.69, 9.17) is 5.11 Å². The van der Waals surface area contributed by atoms with Crippen LogP contribution in [-0.4, -0.2) is 10.1 Å². The Bertz CT molecular complexity index is 464. The number of aliphatic hydroxyl groups is 1. The maximum absolute atomic E-state index is 13.3. The molecule has 0 saturated carbocycles. The molecule has 0 aliphatic rings. The Hall–Kier alpha value is -1.33. The largest absolute Gasteiger partial charge is 0.390 e. The molecule has 15 heavy (non-hydrogen) atoms. The predicted molar refractivity (Wildman–Crippen MR) is 53.4 cm³/mol. The van der Waals surface area contributed by atoms with Crippen molar-refractivity contribution in [2.45, 2.75) is 6.61 Å². The summed E-state index contributed by atoms with van der Waals surface area (Å²) in [6.07, 6.45) is 0. The number of halogens is 2. The SMILES string of the molecule is OCc1csc(-c2c(F)cccc2F)n1. The lowest BCUT2D eigenvalue weighted by atomic mass is 10.2. The first kappa shape index (κ1) is 10.2. The third-order valence-corrected chi connectivity index (χ3v) is 2.80. The van der Waals surface area contributed by atoms with Crippen LogP contribution in [0.3, 0.4) is 0 Å². The van der Waals surface area contributed by atoms with Gasteiger partial charge in [0.15, 0.2) is 0 Å². The van der Waals surface area contributed by atoms with Crippen LogP contribution in [0.1, 0.15) is 5.69 Å². The highest BCUT2D eigenvalue weighted by Gasteiger charge is 2.14. The van der Waals surface area contributed by atoms with E-state index in [2.05, 4.69) is 4.98 Å². The smallest absolute Gasteiger partial charge is 0.136 e. The minimum absolute atomic E-state index is 0.137. The van der Waals surface area contributed by atoms with Gasteiger partial charge in [0.1, 0.15) is 16.6 Å². The lowest BCUT2D eigenvalue weighted by Crippen LogP contribution is -1.89. The molecule has 2 aromatic rings. The second-order valence-corrected chi connectivity index (χ2v) is 3.76. The van der Waals surface area contributed by atoms with Crippen LogP contribution < -0.4 is 0 Å². The normalized spacial score (nSPS) is 10.6. The van der Waals surface area contributed by atoms with Crippen LogP contribution in [0, 0.1) is 11.6 Å². The van der Waals surface area contributed by atoms with Crippen LogP contribution in [0.4, 0.5) is 8.78 Å². The maximum Gasteiger partial charge on any atom is 0.136 e. The molecule has 0 radical (unpaired) electrons. The van der Waals surface area contributed by atoms with Crippen molar-refractivity contribution in [3.63, 3.8) is 0 Å². The van der Waals surface area contributed by atoms with E-state index in [1.807, 2.05) is 0 Å². The zero-order chi connectivity index (χ0) is 10.8. The molecule has 1 aromatic carbocycles. The lowest BCUT2D eigenvalue weighted by Gasteiger charge is -1.99. The molecule has 1 aromatic heterocycles. The highest BCUT2D eigenvalue weighted by molar-refractivity contribution is 7.13. The van der Waals surface area contributed by atoms with Gasteiger partial charge in [-0.2, -0.15) is 0 Å². The van der Waals surface area contributed by atoms with Gasteiger partial charge in [-0.05, 0) is 12.1 Å². The van der Waals surface area contributed by atoms with Gasteiger partial charge in [0.05, 0.1) is 17.9 Å². The van der Waals surface area contributed by atoms with Crippen molar-refractivity contribution in [2.75, 3.05) is 0 Å². The molecule has 0 saturated heterocycles. The molecule has 1 N–H and O–H groups in total. The Labute approximate surface area is 88.8 Å². The molecule has 0 amide bonds. The van der Waals surface area contributed by atoms with Gasteiger partial charge in [0, 0.05) is 5.38 Å². The number of aliphatic hydroxyl groups excluding tert-OH is 1. The fourth-order valence-corrected chi connectivity index (χ4v) is 2.05. The molecule has 0 aliphatic heterocycles. The number of rotatable bonds is 2. The Morgan fingerprint density at radius 2 is 1.93 bits per heavy atom. The van der Waals surface area contributed by atoms with Crippen LogP contribution in [0.2, 0.25) is 0 Å². The molecular formula is C10H7F2NOS. The predicted octanol–water partition coefficient (Wildman–Crippen LogP) is 2.58. The molecule has 0 aliphatic carbocycles. The molecule has 1 heterocycles. The van der Waals surface area contributed by atoms with Crippen molar-refractivity contribution in [3.05, 3.63) is 40.9 Å². The number of nitrogens with zero attached hydrogens (tertiary/aromatic N) is 1. The summed E-state index contributed by atoms with van der Waals surface area (Å²) >= 11 is 1.10. The average molecular weight is 227 g/mol. The molecule has 2 nitrogen and oxygen atoms in total. The summed E-state index contributed by atoms with van der Waals surface area (Å²) in [6.45, 7) is -0.230. The number of thiazole rings is 1. The molecule has 5 heteroatoms. The molecule has 0 fully saturated rings. The van der Waals surface area contributed by atoms with E-state index in [1.54, 1.807) is 5.38 Å². The zero-order valence-corrected chi connectivity index (χ0v) is 8.39. The van der Waals surface area contributed by atoms with Gasteiger partial charge in [-0.1, -0.05) is 6.07 Å². The van der Waals surface area contributed by atoms with Crippen molar-refractivity contribution >= 4 is 11.3 Å². The third kappa shape index (κ3) is 1.88. The fraction of sp³-hybridized carbons (Fsp3) is 0.100. The Balaban J connectivity index is 2.53. The minimum Gasteiger partial charge on any atom is -0.390 e. The van der Waals surface area contributed by atoms with E-state index in [1.165, 1.54) is 18.2 Å². The van der Waals surface area contributed by atoms with Crippen molar-refractivity contribution in [1.29, 1.82) is 0 Å². The Morgan fingerprint density at radius 3 is 2.47 bits per heavy atom. The van der Waals surface area contributed by atoms with Crippen LogP contribution >= 0.6 is 11.3 Å². The van der Waals surface area contributed by atoms with Crippen LogP contribution in [0.15, 0.2) is 23.6 Å². The molecule has 2 rings (SSSR count). The van der Waals surface area contributed by atoms with Gasteiger partial charge in [0.25, 0.3) is 0 Å². The summed E-state index contributed by atoms with van der Waals surface area (Å²) in [7, 11) is 0. The highest BCUT2D eigenvalue weighted by Crippen LogP contribution is 2.28. The van der Waals surface area contributed by atoms with Crippen LogP contribution in [0.5, 0.6) is 0 Å². The zero-order valence-electron chi connectivity index (χ0n) is 7.58. The van der Waals surface area contributed by atoms with E-state index in [0.717, 1.165) is 11.3 Å². The fourth-order valence-electron chi connectivity index (χ4n) is 1.20. The number of benzene rings is 1. The Kier molecular flexibility index (Phi) is 2.75. The first-order chi connectivity index (χ1) is 7.22. The minimum atomic E-state index is -0.645. The van der Waals surface area contributed by atoms with E-state index in [0.29, 0.717) is 5.69 Å². The first-order valence-corrected chi connectivity index (χ1v) is 5.10. The second-order valence-electron chi connectivity index (χ2n) is 2.90. The standard InChI is InChI=1S/C10H7F2NOS/c11-7-2-1-3-8(12)9(7)10-13-6(4-14)5-15-10/h1-3,5,14H,4H2. The molecule has 0 bridgehead atoms. The number of hydrogen-bond donors (Lipinski definition) is 1. The first-order valence-electron chi connectivity index (χ1n) is 4.22. The average Bonchev–Trinajstić information content (AvgIpc) is 2.66. The van der Waals surface area contributed by atoms with Crippen molar-refractivity contribution in [1.82, 2.24) is 4.98 Å². The summed E-state index contributed by atoms with van der Waals surface area (Å²) in [5.74, 6) is -1.29. The van der Waals surface area contributed by atoms with Crippen molar-refractivity contribution in [2.24, 2.45) is 0 Å². The van der Waals surface area contributed by atoms with Gasteiger partial charge in [-0.3, -0.25) is 0 Å². The summed E-state index contributed by atoms with van der Waals surface area (Å²) in [5, 5.41) is 10.6. The summed E-state index contributed by atoms with van der Waals surface area (Å²) in [5.41, 5.74) is 0.278. The molecule has 0 atom stereocenters. The topological polar surface area (TPSA) is 33.1 Å². The van der Waals surface area contributed by atoms with Gasteiger partial charge in [-0.15, -0.1) is 11.3 Å². The van der Waals surface area contributed by atoms with E-state index >= 15 is 0 Å². The van der Waals surface area contributed by atoms with Crippen LogP contribution in [-0.2, 0) is 6.61 Å². The van der Waals surface area contributed by atoms with Gasteiger partial charge in [-0.25, -0.2) is 13.8 Å². The summed E-state index contributed by atoms with van der Waals surface area (Å²) in [6, 6.07) is 3.66. The van der Waals surface area contributed by atoms with Gasteiger partial charge in [0.2, 0.25) is 0 Å². The maximum atomic E-state index is 13.3. The monoisotopic (exact) mass is 227 g/mol. The third-order valence-electron chi connectivity index (χ3n) is 1.89. The lowest BCUT2D eigenvalue weighted by molar-refractivity contribution is 0.278. The summed E-state index contributed by atoms with van der Waals surface area (Å²) in [4.78, 5) is 3.91. The molecule has 78 valence electrons. The number of hydrogen-bond acceptors (Lipinski definition) is 3. The van der Waals surface area contributed by atoms with E-state index in [-0.39, 0.29) is 17.2 Å². The second kappa shape index (κ2) is 4.04. The van der Waals surface area contributed by atoms with E-state index in [9.17, 15) is 8.78 Å². The molecule has 0 spiro atoms. The Morgan fingerprint density at radius 1 is 1.27 bits per heavy atom. The number of aromatic nitrogens is 1. The van der Waals surface area contributed by atoms with E-state index < -0.39 is 11.6 Å².